The summed E-state index contributed by atoms with van der Waals surface area (Å²) in [4.78, 5) is 0. The highest BCUT2D eigenvalue weighted by Gasteiger charge is 2.07. The summed E-state index contributed by atoms with van der Waals surface area (Å²) in [5.41, 5.74) is 0. The Labute approximate surface area is 92.1 Å². The third kappa shape index (κ3) is 10.2. The first-order valence-corrected chi connectivity index (χ1v) is 5.97. The van der Waals surface area contributed by atoms with Gasteiger partial charge in [-0.05, 0) is 14.0 Å². The fourth-order valence-corrected chi connectivity index (χ4v) is 1.61. The molecule has 0 aromatic heterocycles. The van der Waals surface area contributed by atoms with Crippen molar-refractivity contribution in [3.8, 4) is 0 Å². The molecule has 0 aromatic carbocycles. The third-order valence-corrected chi connectivity index (χ3v) is 2.75. The Balaban J connectivity index is 0. The Morgan fingerprint density at radius 3 is 2.43 bits per heavy atom. The van der Waals surface area contributed by atoms with E-state index in [4.69, 9.17) is 4.74 Å². The molecule has 5 nitrogen and oxygen atoms in total. The highest BCUT2D eigenvalue weighted by molar-refractivity contribution is 7.89. The van der Waals surface area contributed by atoms with Crippen molar-refractivity contribution in [3.63, 3.8) is 0 Å². The number of sulfonamides is 1. The lowest BCUT2D eigenvalue weighted by atomic mass is 10.7. The maximum atomic E-state index is 11.2. The summed E-state index contributed by atoms with van der Waals surface area (Å²) in [6.07, 6.45) is 0. The molecule has 0 aromatic rings. The van der Waals surface area contributed by atoms with E-state index in [2.05, 4.69) is 10.0 Å². The van der Waals surface area contributed by atoms with Crippen LogP contribution >= 0.6 is 12.4 Å². The van der Waals surface area contributed by atoms with E-state index in [1.54, 1.807) is 7.05 Å². The van der Waals surface area contributed by atoms with Crippen molar-refractivity contribution < 1.29 is 13.2 Å². The van der Waals surface area contributed by atoms with Gasteiger partial charge in [-0.1, -0.05) is 0 Å². The summed E-state index contributed by atoms with van der Waals surface area (Å²) in [6.45, 7) is 3.69. The quantitative estimate of drug-likeness (QED) is 0.571. The first-order chi connectivity index (χ1) is 6.12. The van der Waals surface area contributed by atoms with Gasteiger partial charge in [-0.15, -0.1) is 12.4 Å². The molecule has 0 aliphatic heterocycles. The van der Waals surface area contributed by atoms with Gasteiger partial charge >= 0.3 is 0 Å². The van der Waals surface area contributed by atoms with Crippen molar-refractivity contribution in [3.05, 3.63) is 0 Å². The minimum atomic E-state index is -3.14. The van der Waals surface area contributed by atoms with Crippen LogP contribution in [-0.2, 0) is 14.8 Å². The molecule has 14 heavy (non-hydrogen) atoms. The molecule has 88 valence electrons. The lowest BCUT2D eigenvalue weighted by molar-refractivity contribution is 0.163. The maximum absolute atomic E-state index is 11.2. The van der Waals surface area contributed by atoms with Gasteiger partial charge in [0.05, 0.1) is 12.4 Å². The summed E-state index contributed by atoms with van der Waals surface area (Å²) in [7, 11) is -1.37. The van der Waals surface area contributed by atoms with Gasteiger partial charge in [0.2, 0.25) is 10.0 Å². The molecule has 0 bridgehead atoms. The predicted molar refractivity (Wildman–Crippen MR) is 59.5 cm³/mol. The van der Waals surface area contributed by atoms with E-state index < -0.39 is 10.0 Å². The molecule has 7 heteroatoms. The molecule has 0 unspecified atom stereocenters. The first kappa shape index (κ1) is 16.5. The number of halogens is 1. The van der Waals surface area contributed by atoms with Gasteiger partial charge in [-0.3, -0.25) is 0 Å². The molecule has 0 spiro atoms. The molecular formula is C7H19ClN2O3S. The van der Waals surface area contributed by atoms with Gasteiger partial charge in [-0.2, -0.15) is 0 Å². The molecule has 0 saturated carbocycles. The Morgan fingerprint density at radius 2 is 1.93 bits per heavy atom. The van der Waals surface area contributed by atoms with Crippen LogP contribution in [0.1, 0.15) is 6.92 Å². The third-order valence-electron chi connectivity index (χ3n) is 1.40. The average molecular weight is 247 g/mol. The summed E-state index contributed by atoms with van der Waals surface area (Å²) >= 11 is 0. The standard InChI is InChI=1S/C7H18N2O3S.ClH/c1-3-12-6-7-13(10,11)9-5-4-8-2;/h8-9H,3-7H2,1-2H3;1H. The number of ether oxygens (including phenoxy) is 1. The molecule has 0 saturated heterocycles. The van der Waals surface area contributed by atoms with E-state index in [1.165, 1.54) is 0 Å². The van der Waals surface area contributed by atoms with Gasteiger partial charge in [0, 0.05) is 19.7 Å². The monoisotopic (exact) mass is 246 g/mol. The van der Waals surface area contributed by atoms with Gasteiger partial charge in [0.1, 0.15) is 0 Å². The number of hydrogen-bond donors (Lipinski definition) is 2. The molecule has 0 aliphatic rings. The predicted octanol–water partition coefficient (Wildman–Crippen LogP) is -0.416. The fraction of sp³-hybridized carbons (Fsp3) is 1.00. The van der Waals surface area contributed by atoms with Crippen molar-refractivity contribution in [1.82, 2.24) is 10.0 Å². The lowest BCUT2D eigenvalue weighted by Gasteiger charge is -2.05. The van der Waals surface area contributed by atoms with E-state index in [9.17, 15) is 8.42 Å². The highest BCUT2D eigenvalue weighted by Crippen LogP contribution is 1.84. The minimum absolute atomic E-state index is 0. The molecule has 0 rings (SSSR count). The van der Waals surface area contributed by atoms with E-state index >= 15 is 0 Å². The fourth-order valence-electron chi connectivity index (χ4n) is 0.717. The Morgan fingerprint density at radius 1 is 1.29 bits per heavy atom. The minimum Gasteiger partial charge on any atom is -0.381 e. The highest BCUT2D eigenvalue weighted by atomic mass is 35.5. The molecular weight excluding hydrogens is 228 g/mol. The normalized spacial score (nSPS) is 11.0. The zero-order valence-corrected chi connectivity index (χ0v) is 10.2. The van der Waals surface area contributed by atoms with E-state index in [0.717, 1.165) is 0 Å². The van der Waals surface area contributed by atoms with Crippen molar-refractivity contribution in [2.45, 2.75) is 6.92 Å². The van der Waals surface area contributed by atoms with Gasteiger partial charge in [-0.25, -0.2) is 13.1 Å². The van der Waals surface area contributed by atoms with Gasteiger partial charge in [0.15, 0.2) is 0 Å². The Bertz CT molecular complexity index is 193. The van der Waals surface area contributed by atoms with Gasteiger partial charge < -0.3 is 10.1 Å². The topological polar surface area (TPSA) is 67.4 Å². The van der Waals surface area contributed by atoms with Crippen LogP contribution in [0.4, 0.5) is 0 Å². The van der Waals surface area contributed by atoms with Crippen LogP contribution < -0.4 is 10.0 Å². The maximum Gasteiger partial charge on any atom is 0.213 e. The summed E-state index contributed by atoms with van der Waals surface area (Å²) in [5.74, 6) is 0.0323. The SMILES string of the molecule is CCOCCS(=O)(=O)NCCNC.Cl. The van der Waals surface area contributed by atoms with Crippen LogP contribution in [0, 0.1) is 0 Å². The molecule has 0 aliphatic carbocycles. The van der Waals surface area contributed by atoms with Crippen LogP contribution in [0.3, 0.4) is 0 Å². The zero-order valence-electron chi connectivity index (χ0n) is 8.58. The molecule has 0 radical (unpaired) electrons. The molecule has 2 N–H and O–H groups in total. The second-order valence-electron chi connectivity index (χ2n) is 2.51. The van der Waals surface area contributed by atoms with Crippen molar-refractivity contribution in [1.29, 1.82) is 0 Å². The van der Waals surface area contributed by atoms with Crippen LogP contribution in [0.15, 0.2) is 0 Å². The number of rotatable bonds is 8. The molecule has 0 atom stereocenters. The van der Waals surface area contributed by atoms with Crippen LogP contribution in [-0.4, -0.2) is 47.5 Å². The molecule has 0 fully saturated rings. The van der Waals surface area contributed by atoms with Crippen molar-refractivity contribution in [2.24, 2.45) is 0 Å². The second kappa shape index (κ2) is 9.67. The largest absolute Gasteiger partial charge is 0.381 e. The van der Waals surface area contributed by atoms with Crippen LogP contribution in [0.25, 0.3) is 0 Å². The van der Waals surface area contributed by atoms with Crippen molar-refractivity contribution >= 4 is 22.4 Å². The van der Waals surface area contributed by atoms with E-state index in [0.29, 0.717) is 19.7 Å². The average Bonchev–Trinajstić information content (AvgIpc) is 2.05. The molecule has 0 heterocycles. The van der Waals surface area contributed by atoms with E-state index in [1.807, 2.05) is 6.92 Å². The second-order valence-corrected chi connectivity index (χ2v) is 4.44. The zero-order chi connectivity index (χ0) is 10.2. The summed E-state index contributed by atoms with van der Waals surface area (Å²) in [6, 6.07) is 0. The lowest BCUT2D eigenvalue weighted by Crippen LogP contribution is -2.33. The Kier molecular flexibility index (Phi) is 11.4. The Hall–Kier alpha value is 0.120. The van der Waals surface area contributed by atoms with Crippen LogP contribution in [0.2, 0.25) is 0 Å². The summed E-state index contributed by atoms with van der Waals surface area (Å²) < 4.78 is 29.7. The number of hydrogen-bond acceptors (Lipinski definition) is 4. The van der Waals surface area contributed by atoms with E-state index in [-0.39, 0.29) is 24.8 Å². The van der Waals surface area contributed by atoms with Gasteiger partial charge in [0.25, 0.3) is 0 Å². The molecule has 0 amide bonds. The first-order valence-electron chi connectivity index (χ1n) is 4.32. The number of nitrogens with one attached hydrogen (secondary N) is 2. The smallest absolute Gasteiger partial charge is 0.213 e. The summed E-state index contributed by atoms with van der Waals surface area (Å²) in [5, 5.41) is 2.85. The van der Waals surface area contributed by atoms with Crippen LogP contribution in [0.5, 0.6) is 0 Å². The van der Waals surface area contributed by atoms with Crippen molar-refractivity contribution in [2.75, 3.05) is 39.1 Å². The number of likely N-dealkylation sites (N-methyl/N-ethyl adjacent to an activating group) is 1.